The van der Waals surface area contributed by atoms with Crippen molar-refractivity contribution in [3.63, 3.8) is 0 Å². The predicted molar refractivity (Wildman–Crippen MR) is 129 cm³/mol. The lowest BCUT2D eigenvalue weighted by Crippen LogP contribution is -2.20. The zero-order valence-corrected chi connectivity index (χ0v) is 19.6. The summed E-state index contributed by atoms with van der Waals surface area (Å²) in [5.41, 5.74) is 4.79. The molecule has 0 aliphatic carbocycles. The SMILES string of the molecule is Cc1c(-c2ccccn2)oc2c([C@@H](C)Nc3ccc(Cl)nc3/C(N)=N/O)cc(C(F)(F)F)cc2c1=O. The van der Waals surface area contributed by atoms with Crippen LogP contribution in [0.25, 0.3) is 22.4 Å². The minimum Gasteiger partial charge on any atom is -0.454 e. The number of nitrogens with zero attached hydrogens (tertiary/aromatic N) is 3. The molecule has 0 saturated heterocycles. The Bertz CT molecular complexity index is 1540. The van der Waals surface area contributed by atoms with Crippen LogP contribution < -0.4 is 16.5 Å². The van der Waals surface area contributed by atoms with Gasteiger partial charge in [-0.05, 0) is 50.2 Å². The van der Waals surface area contributed by atoms with E-state index in [-0.39, 0.29) is 50.2 Å². The maximum Gasteiger partial charge on any atom is 0.416 e. The summed E-state index contributed by atoms with van der Waals surface area (Å²) in [5, 5.41) is 14.8. The highest BCUT2D eigenvalue weighted by atomic mass is 35.5. The average Bonchev–Trinajstić information content (AvgIpc) is 2.86. The van der Waals surface area contributed by atoms with Gasteiger partial charge in [-0.2, -0.15) is 13.2 Å². The van der Waals surface area contributed by atoms with E-state index < -0.39 is 23.2 Å². The van der Waals surface area contributed by atoms with E-state index in [1.807, 2.05) is 0 Å². The molecular weight excluding hydrogens is 499 g/mol. The van der Waals surface area contributed by atoms with Gasteiger partial charge in [0.15, 0.2) is 17.0 Å². The van der Waals surface area contributed by atoms with Crippen LogP contribution in [0.4, 0.5) is 18.9 Å². The van der Waals surface area contributed by atoms with Gasteiger partial charge in [-0.15, -0.1) is 0 Å². The van der Waals surface area contributed by atoms with Crippen molar-refractivity contribution < 1.29 is 22.8 Å². The normalized spacial score (nSPS) is 13.1. The molecule has 1 atom stereocenters. The molecule has 0 aliphatic heterocycles. The van der Waals surface area contributed by atoms with Gasteiger partial charge >= 0.3 is 6.18 Å². The number of aromatic nitrogens is 2. The van der Waals surface area contributed by atoms with Gasteiger partial charge in [-0.25, -0.2) is 4.98 Å². The van der Waals surface area contributed by atoms with Crippen LogP contribution in [0.15, 0.2) is 63.0 Å². The number of benzene rings is 1. The van der Waals surface area contributed by atoms with E-state index >= 15 is 0 Å². The maximum atomic E-state index is 13.8. The molecule has 1 aromatic carbocycles. The molecule has 0 amide bonds. The number of amidine groups is 1. The lowest BCUT2D eigenvalue weighted by Gasteiger charge is -2.21. The Morgan fingerprint density at radius 3 is 2.64 bits per heavy atom. The second kappa shape index (κ2) is 9.50. The average molecular weight is 518 g/mol. The monoisotopic (exact) mass is 517 g/mol. The number of anilines is 1. The van der Waals surface area contributed by atoms with Crippen molar-refractivity contribution in [3.8, 4) is 11.5 Å². The minimum absolute atomic E-state index is 0.0143. The van der Waals surface area contributed by atoms with Crippen molar-refractivity contribution in [2.75, 3.05) is 5.32 Å². The first-order chi connectivity index (χ1) is 17.0. The standard InChI is InChI=1S/C24H19ClF3N5O3/c1-11-20(34)15-10-13(24(26,27)28)9-14(22(15)36-21(11)17-5-3-4-8-30-17)12(2)31-16-6-7-18(25)32-19(16)23(29)33-35/h3-10,12,31,35H,1-2H3,(H2,29,33)/t12-/m1/s1. The summed E-state index contributed by atoms with van der Waals surface area (Å²) in [6, 6.07) is 8.75. The molecule has 4 N–H and O–H groups in total. The molecule has 0 spiro atoms. The number of hydrogen-bond acceptors (Lipinski definition) is 7. The molecule has 0 bridgehead atoms. The third-order valence-corrected chi connectivity index (χ3v) is 5.73. The molecule has 3 aromatic heterocycles. The van der Waals surface area contributed by atoms with Crippen molar-refractivity contribution in [3.05, 3.63) is 86.4 Å². The van der Waals surface area contributed by atoms with Crippen LogP contribution >= 0.6 is 11.6 Å². The summed E-state index contributed by atoms with van der Waals surface area (Å²) in [6.45, 7) is 3.04. The third kappa shape index (κ3) is 4.69. The van der Waals surface area contributed by atoms with Crippen LogP contribution in [0.5, 0.6) is 0 Å². The molecule has 0 unspecified atom stereocenters. The molecule has 36 heavy (non-hydrogen) atoms. The lowest BCUT2D eigenvalue weighted by molar-refractivity contribution is -0.137. The van der Waals surface area contributed by atoms with Crippen LogP contribution in [0, 0.1) is 6.92 Å². The Balaban J connectivity index is 1.95. The largest absolute Gasteiger partial charge is 0.454 e. The third-order valence-electron chi connectivity index (χ3n) is 5.52. The molecule has 0 saturated carbocycles. The Kier molecular flexibility index (Phi) is 6.59. The Hall–Kier alpha value is -4.12. The first-order valence-corrected chi connectivity index (χ1v) is 10.9. The van der Waals surface area contributed by atoms with Gasteiger partial charge in [0, 0.05) is 17.3 Å². The minimum atomic E-state index is -4.72. The fraction of sp³-hybridized carbons (Fsp3) is 0.167. The highest BCUT2D eigenvalue weighted by molar-refractivity contribution is 6.29. The number of hydrogen-bond donors (Lipinski definition) is 3. The molecule has 0 radical (unpaired) electrons. The number of alkyl halides is 3. The quantitative estimate of drug-likeness (QED) is 0.105. The predicted octanol–water partition coefficient (Wildman–Crippen LogP) is 5.50. The van der Waals surface area contributed by atoms with E-state index in [1.165, 1.54) is 25.3 Å². The summed E-state index contributed by atoms with van der Waals surface area (Å²) in [6.07, 6.45) is -3.21. The van der Waals surface area contributed by atoms with E-state index in [1.54, 1.807) is 25.1 Å². The lowest BCUT2D eigenvalue weighted by atomic mass is 9.98. The zero-order chi connectivity index (χ0) is 26.2. The summed E-state index contributed by atoms with van der Waals surface area (Å²) < 4.78 is 47.4. The van der Waals surface area contributed by atoms with Gasteiger partial charge in [-0.3, -0.25) is 9.78 Å². The molecule has 3 heterocycles. The molecule has 4 aromatic rings. The van der Waals surface area contributed by atoms with E-state index in [0.717, 1.165) is 12.1 Å². The van der Waals surface area contributed by atoms with Gasteiger partial charge in [0.1, 0.15) is 22.1 Å². The molecule has 0 aliphatic rings. The molecule has 8 nitrogen and oxygen atoms in total. The van der Waals surface area contributed by atoms with Crippen molar-refractivity contribution in [1.82, 2.24) is 9.97 Å². The van der Waals surface area contributed by atoms with Crippen LogP contribution in [0.1, 0.15) is 35.3 Å². The van der Waals surface area contributed by atoms with Crippen molar-refractivity contribution in [2.45, 2.75) is 26.1 Å². The van der Waals surface area contributed by atoms with Crippen LogP contribution in [0.3, 0.4) is 0 Å². The van der Waals surface area contributed by atoms with Crippen LogP contribution in [-0.4, -0.2) is 21.0 Å². The topological polar surface area (TPSA) is 127 Å². The number of rotatable bonds is 5. The van der Waals surface area contributed by atoms with Gasteiger partial charge in [0.25, 0.3) is 0 Å². The van der Waals surface area contributed by atoms with Gasteiger partial charge in [0.05, 0.1) is 22.7 Å². The zero-order valence-electron chi connectivity index (χ0n) is 18.9. The second-order valence-corrected chi connectivity index (χ2v) is 8.31. The Morgan fingerprint density at radius 2 is 2.00 bits per heavy atom. The number of nitrogens with two attached hydrogens (primary N) is 1. The Morgan fingerprint density at radius 1 is 1.25 bits per heavy atom. The molecular formula is C24H19ClF3N5O3. The number of halogens is 4. The molecule has 12 heteroatoms. The molecule has 4 rings (SSSR count). The smallest absolute Gasteiger partial charge is 0.416 e. The Labute approximate surface area is 207 Å². The van der Waals surface area contributed by atoms with E-state index in [9.17, 15) is 18.0 Å². The number of pyridine rings is 2. The van der Waals surface area contributed by atoms with Gasteiger partial charge in [0.2, 0.25) is 0 Å². The van der Waals surface area contributed by atoms with E-state index in [2.05, 4.69) is 20.4 Å². The van der Waals surface area contributed by atoms with Crippen LogP contribution in [-0.2, 0) is 6.18 Å². The first kappa shape index (κ1) is 25.0. The summed E-state index contributed by atoms with van der Waals surface area (Å²) >= 11 is 5.92. The summed E-state index contributed by atoms with van der Waals surface area (Å²) in [4.78, 5) is 21.4. The fourth-order valence-electron chi connectivity index (χ4n) is 3.75. The van der Waals surface area contributed by atoms with Crippen molar-refractivity contribution >= 4 is 34.1 Å². The number of fused-ring (bicyclic) bond motifs is 1. The highest BCUT2D eigenvalue weighted by Gasteiger charge is 2.33. The van der Waals surface area contributed by atoms with Crippen molar-refractivity contribution in [1.29, 1.82) is 0 Å². The highest BCUT2D eigenvalue weighted by Crippen LogP contribution is 2.37. The van der Waals surface area contributed by atoms with Gasteiger partial charge < -0.3 is 20.7 Å². The first-order valence-electron chi connectivity index (χ1n) is 10.5. The second-order valence-electron chi connectivity index (χ2n) is 7.92. The number of nitrogens with one attached hydrogen (secondary N) is 1. The summed E-state index contributed by atoms with van der Waals surface area (Å²) in [5.74, 6) is -0.215. The van der Waals surface area contributed by atoms with Crippen molar-refractivity contribution in [2.24, 2.45) is 10.9 Å². The summed E-state index contributed by atoms with van der Waals surface area (Å²) in [7, 11) is 0. The number of oxime groups is 1. The van der Waals surface area contributed by atoms with E-state index in [4.69, 9.17) is 27.0 Å². The van der Waals surface area contributed by atoms with E-state index in [0.29, 0.717) is 5.69 Å². The molecule has 186 valence electrons. The maximum absolute atomic E-state index is 13.8. The van der Waals surface area contributed by atoms with Crippen LogP contribution in [0.2, 0.25) is 5.15 Å². The fourth-order valence-corrected chi connectivity index (χ4v) is 3.90. The van der Waals surface area contributed by atoms with Gasteiger partial charge in [-0.1, -0.05) is 22.8 Å². The molecule has 0 fully saturated rings.